The third-order valence-electron chi connectivity index (χ3n) is 18.0. The number of anilines is 6. The molecule has 0 radical (unpaired) electrons. The summed E-state index contributed by atoms with van der Waals surface area (Å²) in [4.78, 5) is 10.7. The number of oxazole rings is 1. The van der Waals surface area contributed by atoms with Crippen LogP contribution >= 0.6 is 0 Å². The van der Waals surface area contributed by atoms with Crippen molar-refractivity contribution in [3.63, 3.8) is 0 Å². The summed E-state index contributed by atoms with van der Waals surface area (Å²) < 4.78 is 6.96. The molecular formula is C67H78BN3O. The van der Waals surface area contributed by atoms with Crippen LogP contribution in [0.3, 0.4) is 0 Å². The average molecular weight is 952 g/mol. The Morgan fingerprint density at radius 3 is 1.44 bits per heavy atom. The maximum atomic E-state index is 6.96. The zero-order valence-electron chi connectivity index (χ0n) is 46.2. The molecule has 0 atom stereocenters. The van der Waals surface area contributed by atoms with Gasteiger partial charge >= 0.3 is 0 Å². The fourth-order valence-electron chi connectivity index (χ4n) is 14.2. The molecule has 370 valence electrons. The van der Waals surface area contributed by atoms with Crippen molar-refractivity contribution in [3.8, 4) is 11.5 Å². The molecule has 4 saturated carbocycles. The number of nitrogens with zero attached hydrogens (tertiary/aromatic N) is 3. The predicted molar refractivity (Wildman–Crippen MR) is 307 cm³/mol. The molecule has 2 aliphatic heterocycles. The summed E-state index contributed by atoms with van der Waals surface area (Å²) >= 11 is 0. The van der Waals surface area contributed by atoms with E-state index in [4.69, 9.17) is 9.40 Å². The molecule has 1 aromatic heterocycles. The van der Waals surface area contributed by atoms with Crippen LogP contribution in [0.1, 0.15) is 176 Å². The summed E-state index contributed by atoms with van der Waals surface area (Å²) in [6.07, 6.45) is 8.15. The second kappa shape index (κ2) is 15.7. The summed E-state index contributed by atoms with van der Waals surface area (Å²) in [6, 6.07) is 43.5. The van der Waals surface area contributed by atoms with E-state index in [1.807, 2.05) is 0 Å². The fourth-order valence-corrected chi connectivity index (χ4v) is 14.2. The molecule has 0 saturated heterocycles. The van der Waals surface area contributed by atoms with Gasteiger partial charge in [-0.25, -0.2) is 4.98 Å². The maximum Gasteiger partial charge on any atom is 0.252 e. The fraction of sp³-hybridized carbons (Fsp3) is 0.448. The van der Waals surface area contributed by atoms with E-state index in [1.54, 1.807) is 5.56 Å². The Hall–Kier alpha value is -5.55. The largest absolute Gasteiger partial charge is 0.436 e. The Kier molecular flexibility index (Phi) is 10.4. The van der Waals surface area contributed by atoms with Crippen molar-refractivity contribution >= 4 is 68.3 Å². The van der Waals surface area contributed by atoms with E-state index in [2.05, 4.69) is 223 Å². The van der Waals surface area contributed by atoms with E-state index in [0.29, 0.717) is 5.89 Å². The minimum Gasteiger partial charge on any atom is -0.436 e. The van der Waals surface area contributed by atoms with Crippen molar-refractivity contribution in [2.24, 2.45) is 17.8 Å². The van der Waals surface area contributed by atoms with Gasteiger partial charge in [0.25, 0.3) is 6.71 Å². The molecule has 6 aromatic carbocycles. The van der Waals surface area contributed by atoms with E-state index in [1.165, 1.54) is 117 Å². The standard InChI is InChI=1S/C67H78BN3O/c1-62(2,3)44-18-16-43(17-19-44)61-69-54-36-56-53(35-59(54)72-61)68-52-32-46(64(7,8)9)22-25-55(52)70(50-23-20-45(21-24-50)63(4,5)6)57-33-49(67-37-40-26-41(38-67)28-42(27-40)39-67)34-58(60(57)68)71(56)51-30-47(65(10,11)12)29-48(31-51)66(13,14)15/h16-25,29-36,40-42H,26-28,37-39H2,1-15H3. The van der Waals surface area contributed by atoms with Crippen molar-refractivity contribution < 1.29 is 4.42 Å². The van der Waals surface area contributed by atoms with Crippen LogP contribution in [0.2, 0.25) is 0 Å². The van der Waals surface area contributed by atoms with Crippen LogP contribution in [0.5, 0.6) is 0 Å². The maximum absolute atomic E-state index is 6.96. The molecule has 4 fully saturated rings. The quantitative estimate of drug-likeness (QED) is 0.165. The van der Waals surface area contributed by atoms with Gasteiger partial charge in [0.2, 0.25) is 5.89 Å². The Balaban J connectivity index is 1.19. The smallest absolute Gasteiger partial charge is 0.252 e. The van der Waals surface area contributed by atoms with Crippen LogP contribution in [0.15, 0.2) is 114 Å². The van der Waals surface area contributed by atoms with Crippen molar-refractivity contribution in [2.75, 3.05) is 9.80 Å². The SMILES string of the molecule is CC(C)(C)c1ccc(-c2nc3cc4c(cc3o2)B2c3cc(C(C)(C)C)ccc3N(c3ccc(C(C)(C)C)cc3)c3cc(C56CC7CC(CC(C7)C5)C6)cc(c32)N4c2cc(C(C)(C)C)cc(C(C)(C)C)c2)cc1. The average Bonchev–Trinajstić information content (AvgIpc) is 3.72. The van der Waals surface area contributed by atoms with Gasteiger partial charge < -0.3 is 14.2 Å². The lowest BCUT2D eigenvalue weighted by Gasteiger charge is -2.57. The first-order chi connectivity index (χ1) is 33.7. The topological polar surface area (TPSA) is 32.5 Å². The lowest BCUT2D eigenvalue weighted by molar-refractivity contribution is -0.00514. The van der Waals surface area contributed by atoms with Gasteiger partial charge in [-0.05, 0) is 205 Å². The number of fused-ring (bicyclic) bond motifs is 5. The molecular weight excluding hydrogens is 874 g/mol. The number of benzene rings is 6. The first-order valence-electron chi connectivity index (χ1n) is 27.5. The Labute approximate surface area is 432 Å². The lowest BCUT2D eigenvalue weighted by atomic mass is 9.33. The lowest BCUT2D eigenvalue weighted by Crippen LogP contribution is -2.61. The van der Waals surface area contributed by atoms with E-state index in [-0.39, 0.29) is 39.2 Å². The van der Waals surface area contributed by atoms with Gasteiger partial charge in [-0.2, -0.15) is 0 Å². The predicted octanol–water partition coefficient (Wildman–Crippen LogP) is 16.5. The van der Waals surface area contributed by atoms with Crippen LogP contribution in [0.25, 0.3) is 22.6 Å². The molecule has 0 spiro atoms. The molecule has 4 nitrogen and oxygen atoms in total. The van der Waals surface area contributed by atoms with Crippen LogP contribution in [-0.2, 0) is 32.5 Å². The molecule has 72 heavy (non-hydrogen) atoms. The number of hydrogen-bond acceptors (Lipinski definition) is 4. The molecule has 4 bridgehead atoms. The zero-order chi connectivity index (χ0) is 50.8. The van der Waals surface area contributed by atoms with E-state index < -0.39 is 0 Å². The van der Waals surface area contributed by atoms with Gasteiger partial charge in [-0.1, -0.05) is 146 Å². The highest BCUT2D eigenvalue weighted by Gasteiger charge is 2.53. The molecule has 6 aliphatic rings. The summed E-state index contributed by atoms with van der Waals surface area (Å²) in [6.45, 7) is 35.0. The van der Waals surface area contributed by atoms with Crippen molar-refractivity contribution in [1.82, 2.24) is 4.98 Å². The van der Waals surface area contributed by atoms with Crippen molar-refractivity contribution in [1.29, 1.82) is 0 Å². The third kappa shape index (κ3) is 7.80. The van der Waals surface area contributed by atoms with E-state index >= 15 is 0 Å². The number of aromatic nitrogens is 1. The van der Waals surface area contributed by atoms with Gasteiger partial charge in [-0.15, -0.1) is 0 Å². The second-order valence-corrected chi connectivity index (χ2v) is 28.5. The van der Waals surface area contributed by atoms with Crippen molar-refractivity contribution in [3.05, 3.63) is 143 Å². The molecule has 5 heteroatoms. The van der Waals surface area contributed by atoms with Gasteiger partial charge in [0.1, 0.15) is 5.52 Å². The summed E-state index contributed by atoms with van der Waals surface area (Å²) in [5.41, 5.74) is 22.5. The van der Waals surface area contributed by atoms with Gasteiger partial charge in [0.05, 0.1) is 0 Å². The molecule has 13 rings (SSSR count). The van der Waals surface area contributed by atoms with Crippen LogP contribution in [0, 0.1) is 17.8 Å². The molecule has 4 aliphatic carbocycles. The van der Waals surface area contributed by atoms with Crippen molar-refractivity contribution in [2.45, 2.75) is 175 Å². The number of rotatable bonds is 4. The zero-order valence-corrected chi connectivity index (χ0v) is 46.2. The third-order valence-corrected chi connectivity index (χ3v) is 18.0. The summed E-state index contributed by atoms with van der Waals surface area (Å²) in [5.74, 6) is 3.13. The minimum atomic E-state index is -0.0660. The highest BCUT2D eigenvalue weighted by Crippen LogP contribution is 2.62. The minimum absolute atomic E-state index is 0.0438. The van der Waals surface area contributed by atoms with Crippen LogP contribution < -0.4 is 26.2 Å². The van der Waals surface area contributed by atoms with E-state index in [9.17, 15) is 0 Å². The molecule has 0 unspecified atom stereocenters. The molecule has 0 amide bonds. The Morgan fingerprint density at radius 1 is 0.458 bits per heavy atom. The molecule has 0 N–H and O–H groups in total. The van der Waals surface area contributed by atoms with Gasteiger partial charge in [0.15, 0.2) is 5.58 Å². The highest BCUT2D eigenvalue weighted by atomic mass is 16.3. The highest BCUT2D eigenvalue weighted by molar-refractivity contribution is 7.00. The van der Waals surface area contributed by atoms with E-state index in [0.717, 1.165) is 34.4 Å². The molecule has 7 aromatic rings. The normalized spacial score (nSPS) is 21.6. The molecule has 3 heterocycles. The monoisotopic (exact) mass is 952 g/mol. The van der Waals surface area contributed by atoms with Crippen LogP contribution in [0.4, 0.5) is 34.1 Å². The summed E-state index contributed by atoms with van der Waals surface area (Å²) in [7, 11) is 0. The Morgan fingerprint density at radius 2 is 0.931 bits per heavy atom. The second-order valence-electron chi connectivity index (χ2n) is 28.5. The van der Waals surface area contributed by atoms with Gasteiger partial charge in [-0.3, -0.25) is 0 Å². The Bertz CT molecular complexity index is 3230. The van der Waals surface area contributed by atoms with Gasteiger partial charge in [0, 0.05) is 39.7 Å². The first kappa shape index (κ1) is 47.5. The summed E-state index contributed by atoms with van der Waals surface area (Å²) in [5, 5.41) is 0. The van der Waals surface area contributed by atoms with Crippen LogP contribution in [-0.4, -0.2) is 11.7 Å². The first-order valence-corrected chi connectivity index (χ1v) is 27.5. The number of hydrogen-bond donors (Lipinski definition) is 0.